The maximum Gasteiger partial charge on any atom is 0.222 e. The number of aromatic nitrogens is 2. The Balaban J connectivity index is 1.72. The topological polar surface area (TPSA) is 58.4 Å². The number of rotatable bonds is 4. The van der Waals surface area contributed by atoms with Crippen molar-refractivity contribution in [2.24, 2.45) is 0 Å². The van der Waals surface area contributed by atoms with Crippen LogP contribution in [0.25, 0.3) is 0 Å². The molecular weight excluding hydrogens is 218 g/mol. The number of hydrogen-bond donors (Lipinski definition) is 1. The largest absolute Gasteiger partial charge is 0.391 e. The minimum atomic E-state index is -0.324. The Morgan fingerprint density at radius 2 is 2.47 bits per heavy atom. The Bertz CT molecular complexity index is 389. The van der Waals surface area contributed by atoms with E-state index in [-0.39, 0.29) is 12.0 Å². The highest BCUT2D eigenvalue weighted by molar-refractivity contribution is 5.76. The van der Waals surface area contributed by atoms with E-state index in [0.29, 0.717) is 25.9 Å². The van der Waals surface area contributed by atoms with Crippen molar-refractivity contribution in [2.75, 3.05) is 13.1 Å². The predicted molar refractivity (Wildman–Crippen MR) is 63.4 cm³/mol. The molecule has 1 aliphatic heterocycles. The zero-order valence-electron chi connectivity index (χ0n) is 10.2. The molecule has 5 heteroatoms. The molecule has 1 aliphatic rings. The fraction of sp³-hybridized carbons (Fsp3) is 0.667. The summed E-state index contributed by atoms with van der Waals surface area (Å²) in [7, 11) is 0. The van der Waals surface area contributed by atoms with Gasteiger partial charge in [0.15, 0.2) is 0 Å². The lowest BCUT2D eigenvalue weighted by Crippen LogP contribution is -2.29. The van der Waals surface area contributed by atoms with Crippen LogP contribution in [0.2, 0.25) is 0 Å². The van der Waals surface area contributed by atoms with Crippen LogP contribution < -0.4 is 0 Å². The number of carbonyl (C=O) groups is 1. The Kier molecular flexibility index (Phi) is 3.78. The summed E-state index contributed by atoms with van der Waals surface area (Å²) in [6, 6.07) is 0. The summed E-state index contributed by atoms with van der Waals surface area (Å²) < 4.78 is 2.05. The summed E-state index contributed by atoms with van der Waals surface area (Å²) in [5.41, 5.74) is 0. The Labute approximate surface area is 101 Å². The zero-order chi connectivity index (χ0) is 12.3. The highest BCUT2D eigenvalue weighted by Crippen LogP contribution is 2.11. The minimum absolute atomic E-state index is 0.152. The Morgan fingerprint density at radius 1 is 1.65 bits per heavy atom. The standard InChI is InChI=1S/C12H19N3O2/c1-10-13-5-8-14(10)6-2-3-12(17)15-7-4-11(16)9-15/h5,8,11,16H,2-4,6-7,9H2,1H3/t11-/m1/s1. The van der Waals surface area contributed by atoms with Crippen LogP contribution >= 0.6 is 0 Å². The van der Waals surface area contributed by atoms with Crippen LogP contribution in [0.1, 0.15) is 25.1 Å². The number of hydrogen-bond acceptors (Lipinski definition) is 3. The highest BCUT2D eigenvalue weighted by Gasteiger charge is 2.23. The third-order valence-electron chi connectivity index (χ3n) is 3.23. The fourth-order valence-electron chi connectivity index (χ4n) is 2.17. The summed E-state index contributed by atoms with van der Waals surface area (Å²) in [6.45, 7) is 3.99. The number of aryl methyl sites for hydroxylation is 2. The van der Waals surface area contributed by atoms with Crippen molar-refractivity contribution < 1.29 is 9.90 Å². The summed E-state index contributed by atoms with van der Waals surface area (Å²) in [5, 5.41) is 9.35. The average Bonchev–Trinajstić information content (AvgIpc) is 2.88. The number of carbonyl (C=O) groups excluding carboxylic acids is 1. The van der Waals surface area contributed by atoms with E-state index in [0.717, 1.165) is 18.8 Å². The molecule has 5 nitrogen and oxygen atoms in total. The van der Waals surface area contributed by atoms with Crippen molar-refractivity contribution in [3.05, 3.63) is 18.2 Å². The molecule has 2 heterocycles. The Hall–Kier alpha value is -1.36. The van der Waals surface area contributed by atoms with Crippen LogP contribution in [0.3, 0.4) is 0 Å². The van der Waals surface area contributed by atoms with Gasteiger partial charge in [-0.3, -0.25) is 4.79 Å². The number of likely N-dealkylation sites (tertiary alicyclic amines) is 1. The molecule has 94 valence electrons. The Morgan fingerprint density at radius 3 is 3.06 bits per heavy atom. The van der Waals surface area contributed by atoms with Crippen LogP contribution in [-0.2, 0) is 11.3 Å². The van der Waals surface area contributed by atoms with E-state index in [2.05, 4.69) is 4.98 Å². The van der Waals surface area contributed by atoms with Crippen LogP contribution in [0.15, 0.2) is 12.4 Å². The van der Waals surface area contributed by atoms with Gasteiger partial charge in [-0.05, 0) is 19.8 Å². The number of imidazole rings is 1. The van der Waals surface area contributed by atoms with Crippen LogP contribution in [-0.4, -0.2) is 44.7 Å². The molecule has 1 N–H and O–H groups in total. The molecule has 0 spiro atoms. The van der Waals surface area contributed by atoms with E-state index in [1.165, 1.54) is 0 Å². The molecule has 17 heavy (non-hydrogen) atoms. The molecule has 0 saturated carbocycles. The van der Waals surface area contributed by atoms with Crippen LogP contribution in [0.4, 0.5) is 0 Å². The zero-order valence-corrected chi connectivity index (χ0v) is 10.2. The van der Waals surface area contributed by atoms with Gasteiger partial charge in [0.1, 0.15) is 5.82 Å². The van der Waals surface area contributed by atoms with Gasteiger partial charge in [0.05, 0.1) is 6.10 Å². The van der Waals surface area contributed by atoms with Gasteiger partial charge in [0.2, 0.25) is 5.91 Å². The van der Waals surface area contributed by atoms with E-state index in [1.54, 1.807) is 11.1 Å². The van der Waals surface area contributed by atoms with Crippen molar-refractivity contribution >= 4 is 5.91 Å². The molecule has 1 amide bonds. The van der Waals surface area contributed by atoms with Crippen molar-refractivity contribution in [1.82, 2.24) is 14.5 Å². The lowest BCUT2D eigenvalue weighted by atomic mass is 10.2. The molecular formula is C12H19N3O2. The normalized spacial score (nSPS) is 19.9. The summed E-state index contributed by atoms with van der Waals surface area (Å²) >= 11 is 0. The SMILES string of the molecule is Cc1nccn1CCCC(=O)N1CC[C@@H](O)C1. The predicted octanol–water partition coefficient (Wildman–Crippen LogP) is 0.565. The molecule has 0 unspecified atom stereocenters. The van der Waals surface area contributed by atoms with E-state index in [4.69, 9.17) is 0 Å². The fourth-order valence-corrected chi connectivity index (χ4v) is 2.17. The second-order valence-electron chi connectivity index (χ2n) is 4.55. The molecule has 2 rings (SSSR count). The lowest BCUT2D eigenvalue weighted by Gasteiger charge is -2.15. The van der Waals surface area contributed by atoms with Crippen molar-refractivity contribution in [3.8, 4) is 0 Å². The van der Waals surface area contributed by atoms with E-state index in [1.807, 2.05) is 17.7 Å². The number of aliphatic hydroxyl groups excluding tert-OH is 1. The van der Waals surface area contributed by atoms with Crippen molar-refractivity contribution in [3.63, 3.8) is 0 Å². The van der Waals surface area contributed by atoms with Gasteiger partial charge in [0, 0.05) is 38.4 Å². The van der Waals surface area contributed by atoms with E-state index >= 15 is 0 Å². The molecule has 0 aliphatic carbocycles. The van der Waals surface area contributed by atoms with Gasteiger partial charge in [-0.2, -0.15) is 0 Å². The van der Waals surface area contributed by atoms with Gasteiger partial charge in [0.25, 0.3) is 0 Å². The highest BCUT2D eigenvalue weighted by atomic mass is 16.3. The molecule has 1 aromatic heterocycles. The smallest absolute Gasteiger partial charge is 0.222 e. The second-order valence-corrected chi connectivity index (χ2v) is 4.55. The molecule has 0 aromatic carbocycles. The van der Waals surface area contributed by atoms with Crippen LogP contribution in [0.5, 0.6) is 0 Å². The van der Waals surface area contributed by atoms with Gasteiger partial charge >= 0.3 is 0 Å². The first kappa shape index (κ1) is 12.1. The van der Waals surface area contributed by atoms with E-state index < -0.39 is 0 Å². The maximum atomic E-state index is 11.8. The quantitative estimate of drug-likeness (QED) is 0.832. The molecule has 1 aromatic rings. The summed E-state index contributed by atoms with van der Waals surface area (Å²) in [5.74, 6) is 1.13. The first-order chi connectivity index (χ1) is 8.16. The van der Waals surface area contributed by atoms with Crippen molar-refractivity contribution in [2.45, 2.75) is 38.8 Å². The first-order valence-electron chi connectivity index (χ1n) is 6.10. The third-order valence-corrected chi connectivity index (χ3v) is 3.23. The van der Waals surface area contributed by atoms with Gasteiger partial charge in [-0.25, -0.2) is 4.98 Å². The number of amides is 1. The van der Waals surface area contributed by atoms with Gasteiger partial charge in [-0.1, -0.05) is 0 Å². The molecule has 1 saturated heterocycles. The number of aliphatic hydroxyl groups is 1. The van der Waals surface area contributed by atoms with Crippen molar-refractivity contribution in [1.29, 1.82) is 0 Å². The molecule has 0 bridgehead atoms. The van der Waals surface area contributed by atoms with Gasteiger partial charge < -0.3 is 14.6 Å². The van der Waals surface area contributed by atoms with Gasteiger partial charge in [-0.15, -0.1) is 0 Å². The molecule has 1 fully saturated rings. The maximum absolute atomic E-state index is 11.8. The molecule has 0 radical (unpaired) electrons. The van der Waals surface area contributed by atoms with Crippen LogP contribution in [0, 0.1) is 6.92 Å². The monoisotopic (exact) mass is 237 g/mol. The second kappa shape index (κ2) is 5.31. The number of β-amino-alcohol motifs (C(OH)–C–C–N with tert-alkyl or cyclic N) is 1. The average molecular weight is 237 g/mol. The summed E-state index contributed by atoms with van der Waals surface area (Å²) in [4.78, 5) is 17.7. The lowest BCUT2D eigenvalue weighted by molar-refractivity contribution is -0.130. The minimum Gasteiger partial charge on any atom is -0.391 e. The first-order valence-corrected chi connectivity index (χ1v) is 6.10. The van der Waals surface area contributed by atoms with E-state index in [9.17, 15) is 9.90 Å². The third kappa shape index (κ3) is 3.06. The molecule has 1 atom stereocenters. The summed E-state index contributed by atoms with van der Waals surface area (Å²) in [6.07, 6.45) is 5.46. The number of nitrogens with zero attached hydrogens (tertiary/aromatic N) is 3.